The summed E-state index contributed by atoms with van der Waals surface area (Å²) in [7, 11) is 1.84. The first-order valence-corrected chi connectivity index (χ1v) is 12.5. The van der Waals surface area contributed by atoms with Crippen molar-refractivity contribution in [2.45, 2.75) is 4.90 Å². The fourth-order valence-corrected chi connectivity index (χ4v) is 4.00. The zero-order chi connectivity index (χ0) is 24.9. The Morgan fingerprint density at radius 1 is 0.824 bits per heavy atom. The summed E-state index contributed by atoms with van der Waals surface area (Å²) in [4.78, 5) is 1.84. The van der Waals surface area contributed by atoms with Crippen LogP contribution in [0, 0.1) is 0 Å². The molecule has 0 aliphatic carbocycles. The zero-order valence-corrected chi connectivity index (χ0v) is 21.3. The van der Waals surface area contributed by atoms with Gasteiger partial charge in [0.1, 0.15) is 17.2 Å². The molecule has 0 aliphatic rings. The molecule has 34 heavy (non-hydrogen) atoms. The van der Waals surface area contributed by atoms with Gasteiger partial charge in [0.15, 0.2) is 0 Å². The normalized spacial score (nSPS) is 11.4. The van der Waals surface area contributed by atoms with Crippen molar-refractivity contribution >= 4 is 62.1 Å². The quantitative estimate of drug-likeness (QED) is 0.255. The van der Waals surface area contributed by atoms with Gasteiger partial charge in [-0.15, -0.1) is 0 Å². The van der Waals surface area contributed by atoms with E-state index in [1.54, 1.807) is 0 Å². The molecule has 0 spiro atoms. The molecular weight excluding hydrogens is 491 g/mol. The molecule has 0 N–H and O–H groups in total. The third kappa shape index (κ3) is 6.81. The Hall–Kier alpha value is -2.90. The molecule has 1 heterocycles. The van der Waals surface area contributed by atoms with E-state index < -0.39 is 10.1 Å². The van der Waals surface area contributed by atoms with Crippen LogP contribution < -0.4 is 9.47 Å². The topological polar surface area (TPSA) is 64.3 Å². The third-order valence-electron chi connectivity index (χ3n) is 5.13. The van der Waals surface area contributed by atoms with E-state index in [0.717, 1.165) is 16.1 Å². The molecule has 5 nitrogen and oxygen atoms in total. The number of hydrogen-bond donors (Lipinski definition) is 0. The Bertz CT molecular complexity index is 1420. The summed E-state index contributed by atoms with van der Waals surface area (Å²) < 4.78 is 33.2. The van der Waals surface area contributed by atoms with Gasteiger partial charge in [0.25, 0.3) is 0 Å². The number of aromatic nitrogens is 1. The summed E-state index contributed by atoms with van der Waals surface area (Å²) in [5.74, 6) is 0. The van der Waals surface area contributed by atoms with Crippen molar-refractivity contribution in [3.8, 4) is 0 Å². The molecular formula is C26H24Cl2N2O3S. The van der Waals surface area contributed by atoms with Crippen LogP contribution in [0.15, 0.2) is 83.8 Å². The van der Waals surface area contributed by atoms with Gasteiger partial charge < -0.3 is 9.45 Å². The third-order valence-corrected chi connectivity index (χ3v) is 6.47. The summed E-state index contributed by atoms with van der Waals surface area (Å²) in [5.41, 5.74) is 4.71. The highest BCUT2D eigenvalue weighted by Crippen LogP contribution is 2.18. The highest BCUT2D eigenvalue weighted by atomic mass is 35.5. The molecule has 4 rings (SSSR count). The highest BCUT2D eigenvalue weighted by molar-refractivity contribution is 7.85. The number of nitrogens with zero attached hydrogens (tertiary/aromatic N) is 2. The van der Waals surface area contributed by atoms with Gasteiger partial charge in [-0.05, 0) is 66.2 Å². The molecule has 3 aromatic carbocycles. The fraction of sp³-hybridized carbons (Fsp3) is 0.115. The second kappa shape index (κ2) is 11.0. The maximum absolute atomic E-state index is 10.3. The van der Waals surface area contributed by atoms with Crippen LogP contribution in [0.4, 0.5) is 5.69 Å². The molecule has 0 fully saturated rings. The number of anilines is 1. The smallest absolute Gasteiger partial charge is 0.212 e. The first kappa shape index (κ1) is 25.7. The van der Waals surface area contributed by atoms with Gasteiger partial charge >= 0.3 is 0 Å². The minimum Gasteiger partial charge on any atom is -0.744 e. The van der Waals surface area contributed by atoms with Crippen molar-refractivity contribution in [3.63, 3.8) is 0 Å². The lowest BCUT2D eigenvalue weighted by atomic mass is 10.1. The van der Waals surface area contributed by atoms with Crippen molar-refractivity contribution < 1.29 is 17.5 Å². The molecule has 176 valence electrons. The fourth-order valence-electron chi connectivity index (χ4n) is 3.22. The first-order chi connectivity index (χ1) is 16.0. The van der Waals surface area contributed by atoms with Crippen LogP contribution in [0.2, 0.25) is 10.0 Å². The number of pyridine rings is 1. The van der Waals surface area contributed by atoms with E-state index in [0.29, 0.717) is 5.02 Å². The van der Waals surface area contributed by atoms with E-state index in [2.05, 4.69) is 71.1 Å². The average molecular weight is 515 g/mol. The Kier molecular flexibility index (Phi) is 8.33. The van der Waals surface area contributed by atoms with Crippen molar-refractivity contribution in [1.82, 2.24) is 0 Å². The molecule has 0 amide bonds. The Morgan fingerprint density at radius 2 is 1.44 bits per heavy atom. The van der Waals surface area contributed by atoms with Crippen LogP contribution in [0.25, 0.3) is 23.1 Å². The number of fused-ring (bicyclic) bond motifs is 1. The monoisotopic (exact) mass is 514 g/mol. The van der Waals surface area contributed by atoms with Gasteiger partial charge in [0.2, 0.25) is 11.2 Å². The Labute approximate surface area is 210 Å². The standard InChI is InChI=1S/C20H20ClN2.C6H5ClO3S/c1-22(2)18-9-4-15(5-10-18)6-11-19-12-7-16-14-17(21)8-13-20(16)23(19)3;7-5-1-3-6(4-2-5)11(8,9)10/h4-14H,1-3H3;1-4H,(H,8,9,10)/q+1;/p-1. The average Bonchev–Trinajstić information content (AvgIpc) is 2.79. The maximum Gasteiger partial charge on any atom is 0.212 e. The number of hydrogen-bond acceptors (Lipinski definition) is 4. The number of aryl methyl sites for hydroxylation is 1. The van der Waals surface area contributed by atoms with Gasteiger partial charge in [0.05, 0.1) is 4.90 Å². The molecule has 0 saturated carbocycles. The largest absolute Gasteiger partial charge is 0.744 e. The van der Waals surface area contributed by atoms with Gasteiger partial charge in [-0.25, -0.2) is 8.42 Å². The van der Waals surface area contributed by atoms with Crippen LogP contribution in [0.5, 0.6) is 0 Å². The van der Waals surface area contributed by atoms with E-state index in [1.807, 2.05) is 26.2 Å². The summed E-state index contributed by atoms with van der Waals surface area (Å²) in [6, 6.07) is 23.8. The molecule has 1 aromatic heterocycles. The molecule has 0 radical (unpaired) electrons. The van der Waals surface area contributed by atoms with Crippen LogP contribution in [0.1, 0.15) is 11.3 Å². The molecule has 0 aliphatic heterocycles. The Balaban J connectivity index is 0.000000248. The predicted molar refractivity (Wildman–Crippen MR) is 139 cm³/mol. The molecule has 0 bridgehead atoms. The van der Waals surface area contributed by atoms with Crippen molar-refractivity contribution in [2.75, 3.05) is 19.0 Å². The first-order valence-electron chi connectivity index (χ1n) is 10.3. The van der Waals surface area contributed by atoms with E-state index >= 15 is 0 Å². The highest BCUT2D eigenvalue weighted by Gasteiger charge is 2.09. The molecule has 0 saturated heterocycles. The zero-order valence-electron chi connectivity index (χ0n) is 18.9. The van der Waals surface area contributed by atoms with Gasteiger partial charge in [-0.3, -0.25) is 0 Å². The maximum atomic E-state index is 10.3. The van der Waals surface area contributed by atoms with Crippen molar-refractivity contribution in [3.05, 3.63) is 100 Å². The van der Waals surface area contributed by atoms with E-state index in [4.69, 9.17) is 23.2 Å². The number of benzene rings is 3. The van der Waals surface area contributed by atoms with Crippen molar-refractivity contribution in [1.29, 1.82) is 0 Å². The minimum absolute atomic E-state index is 0.262. The second-order valence-corrected chi connectivity index (χ2v) is 10.0. The Morgan fingerprint density at radius 3 is 2.03 bits per heavy atom. The summed E-state index contributed by atoms with van der Waals surface area (Å²) in [6.45, 7) is 0. The molecule has 8 heteroatoms. The van der Waals surface area contributed by atoms with Gasteiger partial charge in [-0.1, -0.05) is 35.3 Å². The minimum atomic E-state index is -4.33. The number of rotatable bonds is 4. The van der Waals surface area contributed by atoms with Crippen LogP contribution >= 0.6 is 23.2 Å². The number of halogens is 2. The van der Waals surface area contributed by atoms with Gasteiger partial charge in [0, 0.05) is 53.4 Å². The SMILES string of the molecule is CN(C)c1ccc(C=Cc2ccc3cc(Cl)ccc3[n+]2C)cc1.O=S(=O)([O-])c1ccc(Cl)cc1. The van der Waals surface area contributed by atoms with Crippen LogP contribution in [0.3, 0.4) is 0 Å². The van der Waals surface area contributed by atoms with Crippen LogP contribution in [-0.2, 0) is 17.2 Å². The second-order valence-electron chi connectivity index (χ2n) is 7.75. The summed E-state index contributed by atoms with van der Waals surface area (Å²) >= 11 is 11.5. The lowest BCUT2D eigenvalue weighted by molar-refractivity contribution is -0.646. The van der Waals surface area contributed by atoms with E-state index in [9.17, 15) is 13.0 Å². The lowest BCUT2D eigenvalue weighted by Crippen LogP contribution is -2.32. The predicted octanol–water partition coefficient (Wildman–Crippen LogP) is 5.80. The summed E-state index contributed by atoms with van der Waals surface area (Å²) in [5, 5.41) is 2.31. The molecule has 0 atom stereocenters. The lowest BCUT2D eigenvalue weighted by Gasteiger charge is -2.11. The van der Waals surface area contributed by atoms with E-state index in [-0.39, 0.29) is 4.90 Å². The van der Waals surface area contributed by atoms with Crippen molar-refractivity contribution in [2.24, 2.45) is 7.05 Å². The molecule has 0 unspecified atom stereocenters. The summed E-state index contributed by atoms with van der Waals surface area (Å²) in [6.07, 6.45) is 4.27. The van der Waals surface area contributed by atoms with Gasteiger partial charge in [-0.2, -0.15) is 4.57 Å². The van der Waals surface area contributed by atoms with Crippen LogP contribution in [-0.4, -0.2) is 27.1 Å². The van der Waals surface area contributed by atoms with E-state index in [1.165, 1.54) is 41.0 Å². The molecule has 4 aromatic rings.